The zero-order chi connectivity index (χ0) is 14.6. The number of hydrogen-bond acceptors (Lipinski definition) is 4. The highest BCUT2D eigenvalue weighted by atomic mass is 32.1. The molecule has 0 aliphatic carbocycles. The first-order valence-corrected chi connectivity index (χ1v) is 7.86. The zero-order valence-electron chi connectivity index (χ0n) is 12.3. The van der Waals surface area contributed by atoms with Crippen LogP contribution in [0.5, 0.6) is 0 Å². The molecule has 108 valence electrons. The third kappa shape index (κ3) is 2.92. The maximum absolute atomic E-state index is 5.92. The minimum absolute atomic E-state index is 0.323. The molecule has 1 heterocycles. The Hall–Kier alpha value is -1.23. The molecule has 0 amide bonds. The summed E-state index contributed by atoms with van der Waals surface area (Å²) in [7, 11) is 0. The van der Waals surface area contributed by atoms with Crippen LogP contribution in [0.15, 0.2) is 30.3 Å². The Morgan fingerprint density at radius 2 is 1.95 bits per heavy atom. The molecule has 1 aromatic carbocycles. The summed E-state index contributed by atoms with van der Waals surface area (Å²) in [6.07, 6.45) is 0.895. The minimum atomic E-state index is -0.323. The van der Waals surface area contributed by atoms with E-state index in [1.54, 1.807) is 11.3 Å². The molecular weight excluding hydrogens is 268 g/mol. The maximum Gasteiger partial charge on any atom is 0.125 e. The van der Waals surface area contributed by atoms with Gasteiger partial charge in [-0.1, -0.05) is 37.3 Å². The third-order valence-corrected chi connectivity index (χ3v) is 4.91. The lowest BCUT2D eigenvalue weighted by atomic mass is 10.0. The van der Waals surface area contributed by atoms with Crippen molar-refractivity contribution >= 4 is 11.3 Å². The first-order chi connectivity index (χ1) is 9.64. The average Bonchev–Trinajstić information content (AvgIpc) is 2.93. The molecule has 20 heavy (non-hydrogen) atoms. The molecule has 0 aliphatic heterocycles. The number of nitrogens with zero attached hydrogens (tertiary/aromatic N) is 1. The molecule has 2 rings (SSSR count). The molecule has 0 aliphatic rings. The van der Waals surface area contributed by atoms with E-state index >= 15 is 0 Å². The Labute approximate surface area is 124 Å². The topological polar surface area (TPSA) is 48.1 Å². The quantitative estimate of drug-likeness (QED) is 0.877. The predicted octanol–water partition coefficient (Wildman–Crippen LogP) is 3.93. The zero-order valence-corrected chi connectivity index (χ0v) is 13.2. The van der Waals surface area contributed by atoms with Crippen molar-refractivity contribution in [1.82, 2.24) is 4.98 Å². The molecule has 0 spiro atoms. The Morgan fingerprint density at radius 1 is 1.25 bits per heavy atom. The number of benzene rings is 1. The van der Waals surface area contributed by atoms with E-state index in [1.165, 1.54) is 5.56 Å². The van der Waals surface area contributed by atoms with Gasteiger partial charge in [0.1, 0.15) is 10.6 Å². The molecule has 2 N–H and O–H groups in total. The fraction of sp³-hybridized carbons (Fsp3) is 0.438. The van der Waals surface area contributed by atoms with Gasteiger partial charge in [-0.2, -0.15) is 0 Å². The van der Waals surface area contributed by atoms with Gasteiger partial charge in [-0.3, -0.25) is 0 Å². The fourth-order valence-corrected chi connectivity index (χ4v) is 3.43. The molecule has 0 saturated carbocycles. The van der Waals surface area contributed by atoms with Crippen LogP contribution in [0.25, 0.3) is 10.4 Å². The van der Waals surface area contributed by atoms with Gasteiger partial charge in [0.25, 0.3) is 0 Å². The van der Waals surface area contributed by atoms with Gasteiger partial charge in [-0.15, -0.1) is 11.3 Å². The van der Waals surface area contributed by atoms with Gasteiger partial charge in [-0.25, -0.2) is 4.98 Å². The molecule has 3 nitrogen and oxygen atoms in total. The van der Waals surface area contributed by atoms with Crippen molar-refractivity contribution in [1.29, 1.82) is 0 Å². The average molecular weight is 290 g/mol. The first kappa shape index (κ1) is 15.2. The molecule has 0 bridgehead atoms. The SMILES string of the molecule is CCOC(C)(CC)c1nc(CN)c(-c2ccccc2)s1. The normalized spacial score (nSPS) is 14.2. The Morgan fingerprint density at radius 3 is 2.50 bits per heavy atom. The van der Waals surface area contributed by atoms with Crippen molar-refractivity contribution in [2.75, 3.05) is 6.61 Å². The van der Waals surface area contributed by atoms with Gasteiger partial charge in [0.2, 0.25) is 0 Å². The van der Waals surface area contributed by atoms with Gasteiger partial charge >= 0.3 is 0 Å². The molecule has 2 aromatic rings. The van der Waals surface area contributed by atoms with Crippen LogP contribution in [0.1, 0.15) is 37.9 Å². The van der Waals surface area contributed by atoms with E-state index in [0.29, 0.717) is 13.2 Å². The second-order valence-electron chi connectivity index (χ2n) is 4.88. The van der Waals surface area contributed by atoms with Crippen LogP contribution in [-0.2, 0) is 16.9 Å². The van der Waals surface area contributed by atoms with Crippen LogP contribution in [-0.4, -0.2) is 11.6 Å². The molecular formula is C16H22N2OS. The van der Waals surface area contributed by atoms with Crippen LogP contribution in [0.4, 0.5) is 0 Å². The highest BCUT2D eigenvalue weighted by molar-refractivity contribution is 7.15. The lowest BCUT2D eigenvalue weighted by Crippen LogP contribution is -2.25. The molecule has 4 heteroatoms. The summed E-state index contributed by atoms with van der Waals surface area (Å²) >= 11 is 1.69. The van der Waals surface area contributed by atoms with E-state index in [2.05, 4.69) is 26.0 Å². The highest BCUT2D eigenvalue weighted by Gasteiger charge is 2.30. The maximum atomic E-state index is 5.92. The third-order valence-electron chi connectivity index (χ3n) is 3.52. The van der Waals surface area contributed by atoms with Crippen LogP contribution in [0.3, 0.4) is 0 Å². The predicted molar refractivity (Wildman–Crippen MR) is 84.7 cm³/mol. The molecule has 0 radical (unpaired) electrons. The second kappa shape index (κ2) is 6.48. The Balaban J connectivity index is 2.46. The van der Waals surface area contributed by atoms with Crippen LogP contribution >= 0.6 is 11.3 Å². The molecule has 1 atom stereocenters. The van der Waals surface area contributed by atoms with Crippen molar-refractivity contribution in [3.05, 3.63) is 41.0 Å². The summed E-state index contributed by atoms with van der Waals surface area (Å²) in [6, 6.07) is 10.3. The van der Waals surface area contributed by atoms with E-state index in [-0.39, 0.29) is 5.60 Å². The smallest absolute Gasteiger partial charge is 0.125 e. The van der Waals surface area contributed by atoms with Crippen LogP contribution in [0.2, 0.25) is 0 Å². The summed E-state index contributed by atoms with van der Waals surface area (Å²) in [4.78, 5) is 5.89. The largest absolute Gasteiger partial charge is 0.368 e. The van der Waals surface area contributed by atoms with Gasteiger partial charge in [0.15, 0.2) is 0 Å². The van der Waals surface area contributed by atoms with Crippen LogP contribution in [0, 0.1) is 0 Å². The van der Waals surface area contributed by atoms with Gasteiger partial charge in [0, 0.05) is 13.2 Å². The van der Waals surface area contributed by atoms with E-state index < -0.39 is 0 Å². The van der Waals surface area contributed by atoms with Crippen molar-refractivity contribution < 1.29 is 4.74 Å². The number of nitrogens with two attached hydrogens (primary N) is 1. The van der Waals surface area contributed by atoms with Crippen molar-refractivity contribution in [3.63, 3.8) is 0 Å². The first-order valence-electron chi connectivity index (χ1n) is 7.04. The van der Waals surface area contributed by atoms with E-state index in [4.69, 9.17) is 15.5 Å². The molecule has 1 aromatic heterocycles. The Kier molecular flexibility index (Phi) is 4.91. The van der Waals surface area contributed by atoms with Crippen molar-refractivity contribution in [2.24, 2.45) is 5.73 Å². The number of hydrogen-bond donors (Lipinski definition) is 1. The van der Waals surface area contributed by atoms with E-state index in [9.17, 15) is 0 Å². The van der Waals surface area contributed by atoms with Gasteiger partial charge in [0.05, 0.1) is 10.6 Å². The highest BCUT2D eigenvalue weighted by Crippen LogP contribution is 2.38. The number of aromatic nitrogens is 1. The Bertz CT molecular complexity index is 553. The summed E-state index contributed by atoms with van der Waals surface area (Å²) in [5, 5.41) is 1.01. The lowest BCUT2D eigenvalue weighted by molar-refractivity contribution is -0.0325. The minimum Gasteiger partial charge on any atom is -0.368 e. The number of thiazole rings is 1. The summed E-state index contributed by atoms with van der Waals surface area (Å²) in [5.41, 5.74) is 7.67. The molecule has 1 unspecified atom stereocenters. The number of ether oxygens (including phenoxy) is 1. The van der Waals surface area contributed by atoms with E-state index in [1.807, 2.05) is 25.1 Å². The van der Waals surface area contributed by atoms with Gasteiger partial charge < -0.3 is 10.5 Å². The van der Waals surface area contributed by atoms with E-state index in [0.717, 1.165) is 22.0 Å². The fourth-order valence-electron chi connectivity index (χ4n) is 2.16. The summed E-state index contributed by atoms with van der Waals surface area (Å²) < 4.78 is 5.92. The lowest BCUT2D eigenvalue weighted by Gasteiger charge is -2.25. The summed E-state index contributed by atoms with van der Waals surface area (Å²) in [6.45, 7) is 7.38. The monoisotopic (exact) mass is 290 g/mol. The van der Waals surface area contributed by atoms with Crippen molar-refractivity contribution in [2.45, 2.75) is 39.3 Å². The van der Waals surface area contributed by atoms with Gasteiger partial charge in [-0.05, 0) is 25.8 Å². The van der Waals surface area contributed by atoms with Crippen LogP contribution < -0.4 is 5.73 Å². The standard InChI is InChI=1S/C16H22N2OS/c1-4-16(3,19-5-2)15-18-13(11-17)14(20-15)12-9-7-6-8-10-12/h6-10H,4-5,11,17H2,1-3H3. The summed E-state index contributed by atoms with van der Waals surface area (Å²) in [5.74, 6) is 0. The van der Waals surface area contributed by atoms with Crippen molar-refractivity contribution in [3.8, 4) is 10.4 Å². The molecule has 0 saturated heterocycles. The number of rotatable bonds is 6. The molecule has 0 fully saturated rings. The second-order valence-corrected chi connectivity index (χ2v) is 5.88.